The van der Waals surface area contributed by atoms with Crippen molar-refractivity contribution in [3.05, 3.63) is 82.9 Å². The van der Waals surface area contributed by atoms with E-state index in [0.717, 1.165) is 35.5 Å². The first kappa shape index (κ1) is 26.0. The number of rotatable bonds is 11. The summed E-state index contributed by atoms with van der Waals surface area (Å²) in [6, 6.07) is 16.5. The molecule has 0 amide bonds. The van der Waals surface area contributed by atoms with Crippen LogP contribution in [-0.4, -0.2) is 21.7 Å². The zero-order chi connectivity index (χ0) is 24.3. The van der Waals surface area contributed by atoms with Crippen LogP contribution in [0.1, 0.15) is 74.6 Å². The normalized spacial score (nSPS) is 19.5. The SMILES string of the molecule is CC(C)(CCSSSSCCC(C)(C)C1C=C(O)c2ccccc21)C1C=C(O)c2ccccc21. The van der Waals surface area contributed by atoms with Crippen molar-refractivity contribution in [2.24, 2.45) is 10.8 Å². The second-order valence-electron chi connectivity index (χ2n) is 10.5. The van der Waals surface area contributed by atoms with Crippen molar-refractivity contribution in [1.29, 1.82) is 0 Å². The van der Waals surface area contributed by atoms with Gasteiger partial charge in [-0.2, -0.15) is 0 Å². The molecule has 0 saturated heterocycles. The molecule has 0 fully saturated rings. The average Bonchev–Trinajstić information content (AvgIpc) is 3.34. The van der Waals surface area contributed by atoms with Gasteiger partial charge >= 0.3 is 0 Å². The van der Waals surface area contributed by atoms with E-state index in [0.29, 0.717) is 11.5 Å². The molecule has 0 aliphatic heterocycles. The number of aliphatic hydroxyl groups excluding tert-OH is 2. The Kier molecular flexibility index (Phi) is 8.33. The number of benzene rings is 2. The predicted molar refractivity (Wildman–Crippen MR) is 156 cm³/mol. The van der Waals surface area contributed by atoms with Crippen LogP contribution in [0, 0.1) is 10.8 Å². The van der Waals surface area contributed by atoms with Gasteiger partial charge in [0.05, 0.1) is 0 Å². The minimum atomic E-state index is 0.104. The minimum absolute atomic E-state index is 0.104. The molecule has 2 atom stereocenters. The lowest BCUT2D eigenvalue weighted by Crippen LogP contribution is -2.20. The fourth-order valence-corrected chi connectivity index (χ4v) is 11.6. The molecular weight excluding hydrogens is 497 g/mol. The molecular formula is C28H34O2S4. The lowest BCUT2D eigenvalue weighted by molar-refractivity contribution is 0.316. The molecule has 2 aliphatic carbocycles. The molecule has 2 nitrogen and oxygen atoms in total. The maximum Gasteiger partial charge on any atom is 0.119 e. The van der Waals surface area contributed by atoms with Gasteiger partial charge in [0.1, 0.15) is 11.5 Å². The smallest absolute Gasteiger partial charge is 0.119 e. The summed E-state index contributed by atoms with van der Waals surface area (Å²) in [7, 11) is 7.60. The van der Waals surface area contributed by atoms with E-state index in [1.54, 1.807) is 0 Å². The van der Waals surface area contributed by atoms with Crippen LogP contribution in [-0.2, 0) is 0 Å². The molecule has 0 heterocycles. The van der Waals surface area contributed by atoms with E-state index in [1.165, 1.54) is 11.1 Å². The highest BCUT2D eigenvalue weighted by molar-refractivity contribution is 9.26. The monoisotopic (exact) mass is 530 g/mol. The fraction of sp³-hybridized carbons (Fsp3) is 0.429. The second kappa shape index (κ2) is 10.9. The van der Waals surface area contributed by atoms with Crippen molar-refractivity contribution in [3.63, 3.8) is 0 Å². The van der Waals surface area contributed by atoms with Crippen LogP contribution in [0.25, 0.3) is 11.5 Å². The van der Waals surface area contributed by atoms with Gasteiger partial charge in [-0.1, -0.05) is 97.8 Å². The van der Waals surface area contributed by atoms with Crippen molar-refractivity contribution in [1.82, 2.24) is 0 Å². The summed E-state index contributed by atoms with van der Waals surface area (Å²) in [5.74, 6) is 3.58. The van der Waals surface area contributed by atoms with E-state index < -0.39 is 0 Å². The van der Waals surface area contributed by atoms with Crippen LogP contribution in [0.15, 0.2) is 60.7 Å². The molecule has 2 aromatic rings. The number of fused-ring (bicyclic) bond motifs is 2. The van der Waals surface area contributed by atoms with E-state index in [-0.39, 0.29) is 22.7 Å². The summed E-state index contributed by atoms with van der Waals surface area (Å²) in [5.41, 5.74) is 4.69. The molecule has 2 aliphatic rings. The van der Waals surface area contributed by atoms with Crippen LogP contribution >= 0.6 is 41.2 Å². The Bertz CT molecular complexity index is 988. The Morgan fingerprint density at radius 3 is 1.44 bits per heavy atom. The quantitative estimate of drug-likeness (QED) is 0.222. The summed E-state index contributed by atoms with van der Waals surface area (Å²) in [5, 5.41) is 20.7. The molecule has 2 aromatic carbocycles. The molecule has 6 heteroatoms. The van der Waals surface area contributed by atoms with Gasteiger partial charge < -0.3 is 10.2 Å². The lowest BCUT2D eigenvalue weighted by Gasteiger charge is -2.31. The van der Waals surface area contributed by atoms with E-state index in [4.69, 9.17) is 0 Å². The van der Waals surface area contributed by atoms with Crippen molar-refractivity contribution >= 4 is 52.8 Å². The molecule has 34 heavy (non-hydrogen) atoms. The summed E-state index contributed by atoms with van der Waals surface area (Å²) in [6.45, 7) is 9.25. The first-order valence-electron chi connectivity index (χ1n) is 11.8. The van der Waals surface area contributed by atoms with Gasteiger partial charge in [0, 0.05) is 34.5 Å². The standard InChI is InChI=1S/C28H34O2S4/c1-27(2,23-17-25(29)21-11-7-5-9-19(21)23)13-15-31-33-34-32-16-14-28(3,4)24-18-26(30)22-12-8-6-10-20(22)24/h5-12,17-18,23-24,29-30H,13-16H2,1-4H3. The topological polar surface area (TPSA) is 40.5 Å². The molecule has 0 bridgehead atoms. The lowest BCUT2D eigenvalue weighted by atomic mass is 9.74. The molecule has 0 spiro atoms. The third-order valence-corrected chi connectivity index (χ3v) is 13.7. The number of allylic oxidation sites excluding steroid dienone is 2. The largest absolute Gasteiger partial charge is 0.508 e. The molecule has 182 valence electrons. The highest BCUT2D eigenvalue weighted by Crippen LogP contribution is 2.51. The van der Waals surface area contributed by atoms with Gasteiger partial charge in [0.25, 0.3) is 0 Å². The van der Waals surface area contributed by atoms with Gasteiger partial charge in [-0.25, -0.2) is 0 Å². The summed E-state index contributed by atoms with van der Waals surface area (Å²) < 4.78 is 0. The fourth-order valence-electron chi connectivity index (χ4n) is 5.00. The van der Waals surface area contributed by atoms with Crippen LogP contribution in [0.4, 0.5) is 0 Å². The van der Waals surface area contributed by atoms with Gasteiger partial charge in [-0.3, -0.25) is 0 Å². The van der Waals surface area contributed by atoms with Gasteiger partial charge in [-0.15, -0.1) is 0 Å². The molecule has 0 saturated carbocycles. The third kappa shape index (κ3) is 5.66. The van der Waals surface area contributed by atoms with E-state index in [2.05, 4.69) is 52.0 Å². The maximum atomic E-state index is 10.3. The number of hydrogen-bond donors (Lipinski definition) is 2. The van der Waals surface area contributed by atoms with Gasteiger partial charge in [0.2, 0.25) is 0 Å². The number of hydrogen-bond acceptors (Lipinski definition) is 6. The molecule has 0 aromatic heterocycles. The predicted octanol–water partition coefficient (Wildman–Crippen LogP) is 9.89. The van der Waals surface area contributed by atoms with Crippen molar-refractivity contribution in [3.8, 4) is 0 Å². The van der Waals surface area contributed by atoms with E-state index >= 15 is 0 Å². The minimum Gasteiger partial charge on any atom is -0.508 e. The van der Waals surface area contributed by atoms with Crippen molar-refractivity contribution in [2.75, 3.05) is 11.5 Å². The zero-order valence-electron chi connectivity index (χ0n) is 20.3. The van der Waals surface area contributed by atoms with Crippen LogP contribution in [0.2, 0.25) is 0 Å². The Balaban J connectivity index is 1.16. The zero-order valence-corrected chi connectivity index (χ0v) is 23.6. The molecule has 2 unspecified atom stereocenters. The van der Waals surface area contributed by atoms with E-state index in [9.17, 15) is 10.2 Å². The first-order valence-corrected chi connectivity index (χ1v) is 16.9. The third-order valence-electron chi connectivity index (χ3n) is 7.26. The first-order chi connectivity index (χ1) is 16.2. The van der Waals surface area contributed by atoms with Crippen molar-refractivity contribution < 1.29 is 10.2 Å². The summed E-state index contributed by atoms with van der Waals surface area (Å²) in [6.07, 6.45) is 6.27. The molecule has 4 rings (SSSR count). The maximum absolute atomic E-state index is 10.3. The number of aliphatic hydroxyl groups is 2. The Labute approximate surface area is 219 Å². The van der Waals surface area contributed by atoms with Crippen LogP contribution in [0.5, 0.6) is 0 Å². The Morgan fingerprint density at radius 1 is 0.647 bits per heavy atom. The highest BCUT2D eigenvalue weighted by atomic mass is 33.7. The van der Waals surface area contributed by atoms with Crippen molar-refractivity contribution in [2.45, 2.75) is 52.4 Å². The molecule has 2 N–H and O–H groups in total. The highest BCUT2D eigenvalue weighted by Gasteiger charge is 2.36. The molecule has 0 radical (unpaired) electrons. The van der Waals surface area contributed by atoms with E-state index in [1.807, 2.05) is 77.7 Å². The van der Waals surface area contributed by atoms with Crippen LogP contribution < -0.4 is 0 Å². The average molecular weight is 531 g/mol. The van der Waals surface area contributed by atoms with Gasteiger partial charge in [-0.05, 0) is 66.6 Å². The second-order valence-corrected chi connectivity index (χ2v) is 16.7. The van der Waals surface area contributed by atoms with Crippen LogP contribution in [0.3, 0.4) is 0 Å². The summed E-state index contributed by atoms with van der Waals surface area (Å²) >= 11 is 0. The Hall–Kier alpha value is -1.08. The summed E-state index contributed by atoms with van der Waals surface area (Å²) in [4.78, 5) is 0. The Morgan fingerprint density at radius 2 is 1.03 bits per heavy atom. The van der Waals surface area contributed by atoms with Gasteiger partial charge in [0.15, 0.2) is 0 Å².